The van der Waals surface area contributed by atoms with Crippen molar-refractivity contribution in [3.63, 3.8) is 0 Å². The van der Waals surface area contributed by atoms with E-state index in [1.54, 1.807) is 27.2 Å². The van der Waals surface area contributed by atoms with Crippen LogP contribution in [0.15, 0.2) is 45.6 Å². The second kappa shape index (κ2) is 9.91. The number of thioether (sulfide) groups is 1. The zero-order chi connectivity index (χ0) is 23.5. The Morgan fingerprint density at radius 3 is 2.48 bits per heavy atom. The number of hydrogen-bond acceptors (Lipinski definition) is 8. The summed E-state index contributed by atoms with van der Waals surface area (Å²) in [6.45, 7) is 4.54. The molecule has 2 aliphatic heterocycles. The van der Waals surface area contributed by atoms with E-state index in [1.165, 1.54) is 24.6 Å². The maximum atomic E-state index is 13.1. The summed E-state index contributed by atoms with van der Waals surface area (Å²) in [5, 5.41) is 5.67. The molecule has 3 aliphatic rings. The number of ether oxygens (including phenoxy) is 3. The number of nitrogens with one attached hydrogen (secondary N) is 1. The maximum Gasteiger partial charge on any atom is 0.338 e. The lowest BCUT2D eigenvalue weighted by molar-refractivity contribution is -0.139. The number of esters is 1. The van der Waals surface area contributed by atoms with Crippen LogP contribution in [0, 0.1) is 5.92 Å². The highest BCUT2D eigenvalue weighted by Gasteiger charge is 2.41. The number of hydrogen-bond donors (Lipinski definition) is 1. The van der Waals surface area contributed by atoms with Crippen molar-refractivity contribution in [2.45, 2.75) is 39.2 Å². The molecular weight excluding hydrogens is 442 g/mol. The molecule has 176 valence electrons. The number of fused-ring (bicyclic) bond motifs is 1. The first-order chi connectivity index (χ1) is 15.9. The van der Waals surface area contributed by atoms with E-state index in [2.05, 4.69) is 10.3 Å². The minimum absolute atomic E-state index is 0.0408. The third-order valence-electron chi connectivity index (χ3n) is 5.81. The summed E-state index contributed by atoms with van der Waals surface area (Å²) in [5.41, 5.74) is 2.59. The normalized spacial score (nSPS) is 19.5. The van der Waals surface area contributed by atoms with Crippen molar-refractivity contribution < 1.29 is 23.8 Å². The molecule has 4 rings (SSSR count). The SMILES string of the molecule is CCOC(=O)C1=C(C)N=C2SC=C(CC(=O)NCC3CC3)N2[C@@H]1c1cc(OC)cc(OC)c1. The third-order valence-corrected chi connectivity index (χ3v) is 6.70. The van der Waals surface area contributed by atoms with Crippen molar-refractivity contribution in [2.75, 3.05) is 27.4 Å². The molecule has 2 heterocycles. The van der Waals surface area contributed by atoms with Gasteiger partial charge in [0.25, 0.3) is 0 Å². The molecular formula is C24H29N3O5S. The molecule has 1 aromatic carbocycles. The van der Waals surface area contributed by atoms with Crippen molar-refractivity contribution in [2.24, 2.45) is 10.9 Å². The molecule has 1 saturated carbocycles. The number of rotatable bonds is 9. The summed E-state index contributed by atoms with van der Waals surface area (Å²) in [6, 6.07) is 4.99. The van der Waals surface area contributed by atoms with Crippen molar-refractivity contribution in [1.29, 1.82) is 0 Å². The van der Waals surface area contributed by atoms with Crippen LogP contribution in [-0.2, 0) is 14.3 Å². The Balaban J connectivity index is 1.72. The van der Waals surface area contributed by atoms with E-state index in [9.17, 15) is 9.59 Å². The average Bonchev–Trinajstić information content (AvgIpc) is 3.57. The molecule has 1 N–H and O–H groups in total. The lowest BCUT2D eigenvalue weighted by Gasteiger charge is -2.36. The summed E-state index contributed by atoms with van der Waals surface area (Å²) >= 11 is 1.45. The molecule has 0 radical (unpaired) electrons. The average molecular weight is 472 g/mol. The number of carbonyl (C=O) groups excluding carboxylic acids is 2. The zero-order valence-corrected chi connectivity index (χ0v) is 20.2. The first-order valence-corrected chi connectivity index (χ1v) is 11.9. The van der Waals surface area contributed by atoms with Crippen LogP contribution in [0.4, 0.5) is 0 Å². The fourth-order valence-corrected chi connectivity index (χ4v) is 4.91. The number of nitrogens with zero attached hydrogens (tertiary/aromatic N) is 2. The highest BCUT2D eigenvalue weighted by Crippen LogP contribution is 2.46. The summed E-state index contributed by atoms with van der Waals surface area (Å²) < 4.78 is 16.3. The van der Waals surface area contributed by atoms with E-state index in [0.29, 0.717) is 35.2 Å². The van der Waals surface area contributed by atoms with Gasteiger partial charge in [-0.05, 0) is 55.7 Å². The Morgan fingerprint density at radius 1 is 1.18 bits per heavy atom. The van der Waals surface area contributed by atoms with Gasteiger partial charge in [0, 0.05) is 18.3 Å². The van der Waals surface area contributed by atoms with Crippen molar-refractivity contribution in [3.8, 4) is 11.5 Å². The number of methoxy groups -OCH3 is 2. The van der Waals surface area contributed by atoms with E-state index in [0.717, 1.165) is 16.4 Å². The van der Waals surface area contributed by atoms with Gasteiger partial charge in [0.15, 0.2) is 5.17 Å². The largest absolute Gasteiger partial charge is 0.497 e. The number of amidine groups is 1. The van der Waals surface area contributed by atoms with Gasteiger partial charge in [-0.2, -0.15) is 0 Å². The molecule has 0 aromatic heterocycles. The highest BCUT2D eigenvalue weighted by molar-refractivity contribution is 8.16. The fourth-order valence-electron chi connectivity index (χ4n) is 3.95. The molecule has 1 aliphatic carbocycles. The summed E-state index contributed by atoms with van der Waals surface area (Å²) in [6.07, 6.45) is 2.55. The minimum atomic E-state index is -0.530. The summed E-state index contributed by atoms with van der Waals surface area (Å²) in [7, 11) is 3.17. The van der Waals surface area contributed by atoms with Gasteiger partial charge >= 0.3 is 5.97 Å². The van der Waals surface area contributed by atoms with E-state index in [4.69, 9.17) is 14.2 Å². The Labute approximate surface area is 198 Å². The number of benzene rings is 1. The first-order valence-electron chi connectivity index (χ1n) is 11.1. The van der Waals surface area contributed by atoms with E-state index >= 15 is 0 Å². The van der Waals surface area contributed by atoms with Crippen LogP contribution in [0.5, 0.6) is 11.5 Å². The Kier molecular flexibility index (Phi) is 6.97. The lowest BCUT2D eigenvalue weighted by atomic mass is 9.93. The van der Waals surface area contributed by atoms with E-state index < -0.39 is 12.0 Å². The van der Waals surface area contributed by atoms with Crippen molar-refractivity contribution in [1.82, 2.24) is 10.2 Å². The van der Waals surface area contributed by atoms with Gasteiger partial charge < -0.3 is 24.4 Å². The van der Waals surface area contributed by atoms with Crippen LogP contribution < -0.4 is 14.8 Å². The number of carbonyl (C=O) groups is 2. The van der Waals surface area contributed by atoms with Crippen LogP contribution >= 0.6 is 11.8 Å². The quantitative estimate of drug-likeness (QED) is 0.549. The Morgan fingerprint density at radius 2 is 1.88 bits per heavy atom. The molecule has 1 atom stereocenters. The number of amides is 1. The Hall–Kier alpha value is -2.94. The summed E-state index contributed by atoms with van der Waals surface area (Å²) in [4.78, 5) is 32.3. The molecule has 33 heavy (non-hydrogen) atoms. The van der Waals surface area contributed by atoms with Gasteiger partial charge in [-0.15, -0.1) is 0 Å². The van der Waals surface area contributed by atoms with Gasteiger partial charge in [-0.1, -0.05) is 11.8 Å². The van der Waals surface area contributed by atoms with Gasteiger partial charge in [-0.25, -0.2) is 9.79 Å². The van der Waals surface area contributed by atoms with Gasteiger partial charge in [0.05, 0.1) is 44.6 Å². The van der Waals surface area contributed by atoms with Crippen LogP contribution in [0.3, 0.4) is 0 Å². The molecule has 0 spiro atoms. The Bertz CT molecular complexity index is 1020. The minimum Gasteiger partial charge on any atom is -0.497 e. The van der Waals surface area contributed by atoms with Crippen LogP contribution in [-0.4, -0.2) is 49.3 Å². The van der Waals surface area contributed by atoms with E-state index in [1.807, 2.05) is 29.4 Å². The fraction of sp³-hybridized carbons (Fsp3) is 0.458. The van der Waals surface area contributed by atoms with Gasteiger partial charge in [-0.3, -0.25) is 4.79 Å². The maximum absolute atomic E-state index is 13.1. The number of allylic oxidation sites excluding steroid dienone is 1. The van der Waals surface area contributed by atoms with Crippen molar-refractivity contribution >= 4 is 28.8 Å². The molecule has 1 amide bonds. The van der Waals surface area contributed by atoms with Crippen molar-refractivity contribution in [3.05, 3.63) is 46.1 Å². The number of aliphatic imine (C=N–C) groups is 1. The van der Waals surface area contributed by atoms with Crippen LogP contribution in [0.1, 0.15) is 44.7 Å². The third kappa shape index (κ3) is 5.03. The topological polar surface area (TPSA) is 89.5 Å². The predicted octanol–water partition coefficient (Wildman–Crippen LogP) is 3.76. The second-order valence-corrected chi connectivity index (χ2v) is 9.02. The highest BCUT2D eigenvalue weighted by atomic mass is 32.2. The first kappa shape index (κ1) is 23.2. The van der Waals surface area contributed by atoms with Crippen LogP contribution in [0.25, 0.3) is 0 Å². The standard InChI is InChI=1S/C24H29N3O5S/c1-5-32-23(29)21-14(2)26-24-27(17(13-33-24)10-20(28)25-12-15-6-7-15)22(21)16-8-18(30-3)11-19(9-16)31-4/h8-9,11,13,15,22H,5-7,10,12H2,1-4H3,(H,25,28)/t22-/m1/s1. The van der Waals surface area contributed by atoms with E-state index in [-0.39, 0.29) is 18.9 Å². The molecule has 1 fully saturated rings. The van der Waals surface area contributed by atoms with Crippen LogP contribution in [0.2, 0.25) is 0 Å². The molecule has 0 bridgehead atoms. The molecule has 0 unspecified atom stereocenters. The lowest BCUT2D eigenvalue weighted by Crippen LogP contribution is -2.38. The molecule has 8 nitrogen and oxygen atoms in total. The predicted molar refractivity (Wildman–Crippen MR) is 127 cm³/mol. The van der Waals surface area contributed by atoms with Gasteiger partial charge in [0.1, 0.15) is 11.5 Å². The monoisotopic (exact) mass is 471 g/mol. The smallest absolute Gasteiger partial charge is 0.338 e. The zero-order valence-electron chi connectivity index (χ0n) is 19.3. The summed E-state index contributed by atoms with van der Waals surface area (Å²) in [5.74, 6) is 1.34. The second-order valence-electron chi connectivity index (χ2n) is 8.18. The molecule has 9 heteroatoms. The molecule has 0 saturated heterocycles. The molecule has 1 aromatic rings. The van der Waals surface area contributed by atoms with Gasteiger partial charge in [0.2, 0.25) is 5.91 Å².